The molecule has 1 unspecified atom stereocenters. The van der Waals surface area contributed by atoms with Crippen LogP contribution in [0.15, 0.2) is 54.6 Å². The Kier molecular flexibility index (Phi) is 5.38. The first-order chi connectivity index (χ1) is 10.6. The second-order valence-corrected chi connectivity index (χ2v) is 4.85. The zero-order chi connectivity index (χ0) is 15.9. The number of likely N-dealkylation sites (N-methyl/N-ethyl adjacent to an activating group) is 1. The molecule has 116 valence electrons. The number of hydrogen-bond donors (Lipinski definition) is 1. The van der Waals surface area contributed by atoms with Gasteiger partial charge in [0.2, 0.25) is 0 Å². The van der Waals surface area contributed by atoms with Crippen molar-refractivity contribution in [2.45, 2.75) is 6.10 Å². The van der Waals surface area contributed by atoms with Crippen molar-refractivity contribution in [2.24, 2.45) is 0 Å². The van der Waals surface area contributed by atoms with Crippen LogP contribution in [0.25, 0.3) is 0 Å². The minimum absolute atomic E-state index is 0.137. The zero-order valence-corrected chi connectivity index (χ0v) is 12.6. The van der Waals surface area contributed by atoms with Gasteiger partial charge in [-0.15, -0.1) is 0 Å². The molecule has 1 amide bonds. The Bertz CT molecular complexity index is 598. The van der Waals surface area contributed by atoms with E-state index in [-0.39, 0.29) is 6.54 Å². The van der Waals surface area contributed by atoms with Gasteiger partial charge in [-0.3, -0.25) is 0 Å². The van der Waals surface area contributed by atoms with E-state index in [1.165, 1.54) is 4.90 Å². The van der Waals surface area contributed by atoms with Crippen molar-refractivity contribution < 1.29 is 19.4 Å². The maximum atomic E-state index is 12.0. The molecule has 0 aromatic heterocycles. The van der Waals surface area contributed by atoms with Gasteiger partial charge in [0.05, 0.1) is 19.8 Å². The summed E-state index contributed by atoms with van der Waals surface area (Å²) in [5, 5.41) is 10.2. The van der Waals surface area contributed by atoms with Gasteiger partial charge >= 0.3 is 6.09 Å². The van der Waals surface area contributed by atoms with Crippen molar-refractivity contribution in [2.75, 3.05) is 20.7 Å². The van der Waals surface area contributed by atoms with Gasteiger partial charge in [-0.2, -0.15) is 0 Å². The van der Waals surface area contributed by atoms with Gasteiger partial charge in [-0.25, -0.2) is 4.79 Å². The molecule has 0 heterocycles. The lowest BCUT2D eigenvalue weighted by Gasteiger charge is -2.20. The molecule has 1 N–H and O–H groups in total. The standard InChI is InChI=1S/C17H19NO4/c1-18(17(20)22-15-6-4-3-5-7-15)12-16(19)13-8-10-14(21-2)11-9-13/h3-11,16,19H,12H2,1-2H3. The van der Waals surface area contributed by atoms with Gasteiger partial charge in [0.25, 0.3) is 0 Å². The molecule has 22 heavy (non-hydrogen) atoms. The SMILES string of the molecule is COc1ccc(C(O)CN(C)C(=O)Oc2ccccc2)cc1. The fourth-order valence-corrected chi connectivity index (χ4v) is 1.93. The number of carbonyl (C=O) groups excluding carboxylic acids is 1. The van der Waals surface area contributed by atoms with Crippen LogP contribution in [-0.2, 0) is 0 Å². The maximum absolute atomic E-state index is 12.0. The van der Waals surface area contributed by atoms with Crippen LogP contribution < -0.4 is 9.47 Å². The molecule has 1 atom stereocenters. The highest BCUT2D eigenvalue weighted by molar-refractivity contribution is 5.70. The van der Waals surface area contributed by atoms with Crippen molar-refractivity contribution >= 4 is 6.09 Å². The predicted molar refractivity (Wildman–Crippen MR) is 83.0 cm³/mol. The molecule has 2 aromatic rings. The molecule has 0 spiro atoms. The van der Waals surface area contributed by atoms with Crippen LogP contribution in [0.3, 0.4) is 0 Å². The Morgan fingerprint density at radius 3 is 2.32 bits per heavy atom. The summed E-state index contributed by atoms with van der Waals surface area (Å²) in [6.07, 6.45) is -1.31. The number of benzene rings is 2. The molecule has 2 aromatic carbocycles. The Labute approximate surface area is 129 Å². The van der Waals surface area contributed by atoms with Gasteiger partial charge in [0.15, 0.2) is 0 Å². The lowest BCUT2D eigenvalue weighted by atomic mass is 10.1. The summed E-state index contributed by atoms with van der Waals surface area (Å²) < 4.78 is 10.3. The van der Waals surface area contributed by atoms with Crippen LogP contribution in [0.4, 0.5) is 4.79 Å². The third-order valence-corrected chi connectivity index (χ3v) is 3.21. The Morgan fingerprint density at radius 1 is 1.09 bits per heavy atom. The van der Waals surface area contributed by atoms with Crippen molar-refractivity contribution in [3.8, 4) is 11.5 Å². The Balaban J connectivity index is 1.92. The summed E-state index contributed by atoms with van der Waals surface area (Å²) in [4.78, 5) is 13.3. The topological polar surface area (TPSA) is 59.0 Å². The number of para-hydroxylation sites is 1. The summed E-state index contributed by atoms with van der Waals surface area (Å²) in [6.45, 7) is 0.137. The van der Waals surface area contributed by atoms with E-state index in [2.05, 4.69) is 0 Å². The summed E-state index contributed by atoms with van der Waals surface area (Å²) in [6, 6.07) is 15.9. The summed E-state index contributed by atoms with van der Waals surface area (Å²) in [5.74, 6) is 1.19. The van der Waals surface area contributed by atoms with E-state index >= 15 is 0 Å². The third kappa shape index (κ3) is 4.23. The second-order valence-electron chi connectivity index (χ2n) is 4.85. The molecule has 5 heteroatoms. The first kappa shape index (κ1) is 15.9. The number of methoxy groups -OCH3 is 1. The molecular formula is C17H19NO4. The molecule has 0 aliphatic heterocycles. The van der Waals surface area contributed by atoms with E-state index in [1.807, 2.05) is 6.07 Å². The van der Waals surface area contributed by atoms with Crippen LogP contribution >= 0.6 is 0 Å². The smallest absolute Gasteiger partial charge is 0.415 e. The van der Waals surface area contributed by atoms with Crippen molar-refractivity contribution in [1.82, 2.24) is 4.90 Å². The molecule has 0 aliphatic rings. The second kappa shape index (κ2) is 7.47. The van der Waals surface area contributed by atoms with Crippen LogP contribution in [0, 0.1) is 0 Å². The predicted octanol–water partition coefficient (Wildman–Crippen LogP) is 2.86. The third-order valence-electron chi connectivity index (χ3n) is 3.21. The normalized spacial score (nSPS) is 11.6. The molecule has 0 saturated carbocycles. The maximum Gasteiger partial charge on any atom is 0.415 e. The molecule has 0 bridgehead atoms. The zero-order valence-electron chi connectivity index (χ0n) is 12.6. The summed E-state index contributed by atoms with van der Waals surface area (Å²) >= 11 is 0. The lowest BCUT2D eigenvalue weighted by Crippen LogP contribution is -2.33. The highest BCUT2D eigenvalue weighted by Gasteiger charge is 2.17. The molecule has 2 rings (SSSR count). The summed E-state index contributed by atoms with van der Waals surface area (Å²) in [5.41, 5.74) is 0.708. The number of ether oxygens (including phenoxy) is 2. The number of hydrogen-bond acceptors (Lipinski definition) is 4. The number of amides is 1. The van der Waals surface area contributed by atoms with Crippen molar-refractivity contribution in [1.29, 1.82) is 0 Å². The van der Waals surface area contributed by atoms with Gasteiger partial charge in [-0.1, -0.05) is 30.3 Å². The Morgan fingerprint density at radius 2 is 1.73 bits per heavy atom. The van der Waals surface area contributed by atoms with Crippen molar-refractivity contribution in [3.63, 3.8) is 0 Å². The van der Waals surface area contributed by atoms with Gasteiger partial charge in [0, 0.05) is 7.05 Å². The summed E-state index contributed by atoms with van der Waals surface area (Å²) in [7, 11) is 3.16. The van der Waals surface area contributed by atoms with E-state index in [0.29, 0.717) is 17.1 Å². The number of rotatable bonds is 5. The van der Waals surface area contributed by atoms with E-state index in [1.54, 1.807) is 62.7 Å². The average molecular weight is 301 g/mol. The van der Waals surface area contributed by atoms with E-state index < -0.39 is 12.2 Å². The fourth-order valence-electron chi connectivity index (χ4n) is 1.93. The number of aliphatic hydroxyl groups excluding tert-OH is 1. The minimum atomic E-state index is -0.792. The van der Waals surface area contributed by atoms with E-state index in [9.17, 15) is 9.90 Å². The fraction of sp³-hybridized carbons (Fsp3) is 0.235. The van der Waals surface area contributed by atoms with Gasteiger partial charge < -0.3 is 19.5 Å². The van der Waals surface area contributed by atoms with Crippen LogP contribution in [0.1, 0.15) is 11.7 Å². The first-order valence-electron chi connectivity index (χ1n) is 6.90. The molecule has 0 saturated heterocycles. The van der Waals surface area contributed by atoms with E-state index in [0.717, 1.165) is 0 Å². The Hall–Kier alpha value is -2.53. The quantitative estimate of drug-likeness (QED) is 0.922. The molecule has 0 radical (unpaired) electrons. The molecule has 5 nitrogen and oxygen atoms in total. The lowest BCUT2D eigenvalue weighted by molar-refractivity contribution is 0.112. The largest absolute Gasteiger partial charge is 0.497 e. The highest BCUT2D eigenvalue weighted by atomic mass is 16.6. The molecule has 0 aliphatic carbocycles. The van der Waals surface area contributed by atoms with Crippen LogP contribution in [-0.4, -0.2) is 36.8 Å². The van der Waals surface area contributed by atoms with Gasteiger partial charge in [0.1, 0.15) is 11.5 Å². The van der Waals surface area contributed by atoms with Crippen LogP contribution in [0.5, 0.6) is 11.5 Å². The van der Waals surface area contributed by atoms with Gasteiger partial charge in [-0.05, 0) is 29.8 Å². The number of carbonyl (C=O) groups is 1. The molecular weight excluding hydrogens is 282 g/mol. The average Bonchev–Trinajstić information content (AvgIpc) is 2.55. The number of nitrogens with zero attached hydrogens (tertiary/aromatic N) is 1. The van der Waals surface area contributed by atoms with Crippen LogP contribution in [0.2, 0.25) is 0 Å². The van der Waals surface area contributed by atoms with E-state index in [4.69, 9.17) is 9.47 Å². The van der Waals surface area contributed by atoms with Crippen molar-refractivity contribution in [3.05, 3.63) is 60.2 Å². The monoisotopic (exact) mass is 301 g/mol. The number of aliphatic hydroxyl groups is 1. The highest BCUT2D eigenvalue weighted by Crippen LogP contribution is 2.18. The molecule has 0 fully saturated rings. The first-order valence-corrected chi connectivity index (χ1v) is 6.90. The minimum Gasteiger partial charge on any atom is -0.497 e.